The number of aryl methyl sites for hydroxylation is 1. The third-order valence-corrected chi connectivity index (χ3v) is 7.43. The monoisotopic (exact) mass is 607 g/mol. The first-order valence-electron chi connectivity index (χ1n) is 9.53. The Balaban J connectivity index is 1.54. The molecule has 0 unspecified atom stereocenters. The van der Waals surface area contributed by atoms with Crippen molar-refractivity contribution in [2.45, 2.75) is 13.5 Å². The highest BCUT2D eigenvalue weighted by atomic mass is 79.9. The van der Waals surface area contributed by atoms with E-state index < -0.39 is 0 Å². The number of amides is 1. The van der Waals surface area contributed by atoms with E-state index in [2.05, 4.69) is 31.9 Å². The van der Waals surface area contributed by atoms with Gasteiger partial charge in [-0.1, -0.05) is 65.4 Å². The van der Waals surface area contributed by atoms with Gasteiger partial charge in [-0.3, -0.25) is 9.69 Å². The highest BCUT2D eigenvalue weighted by Crippen LogP contribution is 2.39. The number of thiocarbonyl (C=S) groups is 1. The lowest BCUT2D eigenvalue weighted by Gasteiger charge is -2.14. The van der Waals surface area contributed by atoms with Crippen LogP contribution in [0.1, 0.15) is 16.7 Å². The summed E-state index contributed by atoms with van der Waals surface area (Å²) in [6, 6.07) is 19.1. The number of rotatable bonds is 5. The third-order valence-electron chi connectivity index (χ3n) is 4.70. The topological polar surface area (TPSA) is 29.5 Å². The number of thioether (sulfide) groups is 1. The molecular weight excluding hydrogens is 594 g/mol. The number of halogens is 3. The Morgan fingerprint density at radius 1 is 1.06 bits per heavy atom. The molecule has 4 rings (SSSR count). The maximum Gasteiger partial charge on any atom is 0.270 e. The maximum absolute atomic E-state index is 13.0. The summed E-state index contributed by atoms with van der Waals surface area (Å²) in [6.07, 6.45) is 1.84. The Hall–Kier alpha value is -1.64. The molecule has 0 atom stereocenters. The van der Waals surface area contributed by atoms with Crippen LogP contribution in [0.5, 0.6) is 5.75 Å². The first kappa shape index (κ1) is 23.5. The zero-order valence-electron chi connectivity index (χ0n) is 16.8. The molecule has 0 saturated carbocycles. The van der Waals surface area contributed by atoms with Crippen molar-refractivity contribution < 1.29 is 9.53 Å². The van der Waals surface area contributed by atoms with Crippen LogP contribution in [0.15, 0.2) is 74.5 Å². The number of carbonyl (C=O) groups excluding carboxylic acids is 1. The van der Waals surface area contributed by atoms with Gasteiger partial charge in [-0.2, -0.15) is 0 Å². The second-order valence-electron chi connectivity index (χ2n) is 7.08. The number of ether oxygens (including phenoxy) is 1. The van der Waals surface area contributed by atoms with Gasteiger partial charge in [-0.05, 0) is 92.4 Å². The van der Waals surface area contributed by atoms with Gasteiger partial charge >= 0.3 is 0 Å². The van der Waals surface area contributed by atoms with Gasteiger partial charge < -0.3 is 4.74 Å². The van der Waals surface area contributed by atoms with Crippen molar-refractivity contribution >= 4 is 89.4 Å². The van der Waals surface area contributed by atoms with Crippen LogP contribution in [-0.4, -0.2) is 10.2 Å². The van der Waals surface area contributed by atoms with Gasteiger partial charge in [0.05, 0.1) is 19.5 Å². The molecule has 3 nitrogen and oxygen atoms in total. The Morgan fingerprint density at radius 3 is 2.31 bits per heavy atom. The summed E-state index contributed by atoms with van der Waals surface area (Å²) < 4.78 is 8.06. The Morgan fingerprint density at radius 2 is 1.69 bits per heavy atom. The molecule has 1 fully saturated rings. The number of benzene rings is 3. The summed E-state index contributed by atoms with van der Waals surface area (Å²) >= 11 is 19.9. The van der Waals surface area contributed by atoms with Crippen molar-refractivity contribution in [1.82, 2.24) is 0 Å². The molecule has 3 aromatic carbocycles. The average molecular weight is 610 g/mol. The smallest absolute Gasteiger partial charge is 0.270 e. The molecule has 3 aromatic rings. The van der Waals surface area contributed by atoms with E-state index in [1.165, 1.54) is 11.8 Å². The lowest BCUT2D eigenvalue weighted by molar-refractivity contribution is -0.113. The van der Waals surface area contributed by atoms with E-state index in [-0.39, 0.29) is 5.91 Å². The second-order valence-corrected chi connectivity index (χ2v) is 10.9. The van der Waals surface area contributed by atoms with E-state index in [1.54, 1.807) is 4.90 Å². The molecule has 1 saturated heterocycles. The SMILES string of the molecule is Cc1ccc(N2C(=O)/C(=C/c3cc(Br)c(OCc4ccc(Cl)cc4)c(Br)c3)SC2=S)cc1. The summed E-state index contributed by atoms with van der Waals surface area (Å²) in [5.74, 6) is 0.559. The molecule has 0 aliphatic carbocycles. The Kier molecular flexibility index (Phi) is 7.42. The zero-order valence-corrected chi connectivity index (χ0v) is 22.3. The van der Waals surface area contributed by atoms with Crippen molar-refractivity contribution in [3.63, 3.8) is 0 Å². The summed E-state index contributed by atoms with van der Waals surface area (Å²) in [5.41, 5.74) is 3.77. The summed E-state index contributed by atoms with van der Waals surface area (Å²) in [7, 11) is 0. The van der Waals surface area contributed by atoms with E-state index in [0.29, 0.717) is 26.6 Å². The largest absolute Gasteiger partial charge is 0.487 e. The summed E-state index contributed by atoms with van der Waals surface area (Å²) in [6.45, 7) is 2.41. The highest BCUT2D eigenvalue weighted by Gasteiger charge is 2.33. The van der Waals surface area contributed by atoms with Crippen LogP contribution in [0.3, 0.4) is 0 Å². The van der Waals surface area contributed by atoms with Gasteiger partial charge in [0.25, 0.3) is 5.91 Å². The normalized spacial score (nSPS) is 15.0. The molecule has 0 aromatic heterocycles. The maximum atomic E-state index is 13.0. The molecule has 0 radical (unpaired) electrons. The van der Waals surface area contributed by atoms with Crippen molar-refractivity contribution in [1.29, 1.82) is 0 Å². The number of nitrogens with zero attached hydrogens (tertiary/aromatic N) is 1. The van der Waals surface area contributed by atoms with Crippen molar-refractivity contribution in [3.05, 3.63) is 96.2 Å². The minimum Gasteiger partial charge on any atom is -0.487 e. The van der Waals surface area contributed by atoms with Gasteiger partial charge in [0, 0.05) is 5.02 Å². The quantitative estimate of drug-likeness (QED) is 0.216. The summed E-state index contributed by atoms with van der Waals surface area (Å²) in [5, 5.41) is 0.688. The third kappa shape index (κ3) is 5.29. The fourth-order valence-corrected chi connectivity index (χ4v) is 5.95. The molecular formula is C24H16Br2ClNO2S2. The van der Waals surface area contributed by atoms with Crippen LogP contribution >= 0.6 is 67.4 Å². The van der Waals surface area contributed by atoms with Crippen molar-refractivity contribution in [2.75, 3.05) is 4.90 Å². The lowest BCUT2D eigenvalue weighted by atomic mass is 10.2. The molecule has 162 valence electrons. The Labute approximate surface area is 218 Å². The fourth-order valence-electron chi connectivity index (χ4n) is 3.07. The van der Waals surface area contributed by atoms with Crippen LogP contribution in [0.2, 0.25) is 5.02 Å². The highest BCUT2D eigenvalue weighted by molar-refractivity contribution is 9.11. The van der Waals surface area contributed by atoms with Crippen LogP contribution in [-0.2, 0) is 11.4 Å². The number of hydrogen-bond donors (Lipinski definition) is 0. The molecule has 32 heavy (non-hydrogen) atoms. The van der Waals surface area contributed by atoms with Gasteiger partial charge in [-0.25, -0.2) is 0 Å². The summed E-state index contributed by atoms with van der Waals surface area (Å²) in [4.78, 5) is 15.2. The molecule has 1 heterocycles. The minimum atomic E-state index is -0.126. The molecule has 1 aliphatic rings. The number of hydrogen-bond acceptors (Lipinski definition) is 4. The first-order valence-corrected chi connectivity index (χ1v) is 12.7. The van der Waals surface area contributed by atoms with E-state index in [1.807, 2.05) is 73.7 Å². The lowest BCUT2D eigenvalue weighted by Crippen LogP contribution is -2.27. The Bertz CT molecular complexity index is 1200. The van der Waals surface area contributed by atoms with E-state index in [0.717, 1.165) is 31.3 Å². The van der Waals surface area contributed by atoms with E-state index >= 15 is 0 Å². The van der Waals surface area contributed by atoms with Crippen LogP contribution in [0.4, 0.5) is 5.69 Å². The minimum absolute atomic E-state index is 0.126. The molecule has 1 amide bonds. The predicted octanol–water partition coefficient (Wildman–Crippen LogP) is 8.16. The molecule has 0 bridgehead atoms. The molecule has 0 spiro atoms. The number of anilines is 1. The first-order chi connectivity index (χ1) is 15.3. The number of carbonyl (C=O) groups is 1. The molecule has 8 heteroatoms. The van der Waals surface area contributed by atoms with Gasteiger partial charge in [0.1, 0.15) is 12.4 Å². The van der Waals surface area contributed by atoms with Gasteiger partial charge in [-0.15, -0.1) is 0 Å². The van der Waals surface area contributed by atoms with Crippen LogP contribution in [0, 0.1) is 6.92 Å². The zero-order chi connectivity index (χ0) is 22.8. The average Bonchev–Trinajstić information content (AvgIpc) is 3.02. The molecule has 1 aliphatic heterocycles. The van der Waals surface area contributed by atoms with Crippen LogP contribution in [0.25, 0.3) is 6.08 Å². The molecule has 0 N–H and O–H groups in total. The van der Waals surface area contributed by atoms with E-state index in [4.69, 9.17) is 28.6 Å². The van der Waals surface area contributed by atoms with Crippen LogP contribution < -0.4 is 9.64 Å². The van der Waals surface area contributed by atoms with Crippen molar-refractivity contribution in [3.8, 4) is 5.75 Å². The predicted molar refractivity (Wildman–Crippen MR) is 144 cm³/mol. The van der Waals surface area contributed by atoms with E-state index in [9.17, 15) is 4.79 Å². The second kappa shape index (κ2) is 10.1. The van der Waals surface area contributed by atoms with Crippen molar-refractivity contribution in [2.24, 2.45) is 0 Å². The van der Waals surface area contributed by atoms with Gasteiger partial charge in [0.2, 0.25) is 0 Å². The standard InChI is InChI=1S/C24H16Br2ClNO2S2/c1-14-2-8-18(9-3-14)28-23(29)21(32-24(28)31)12-16-10-19(25)22(20(26)11-16)30-13-15-4-6-17(27)7-5-15/h2-12H,13H2,1H3/b21-12-. The van der Waals surface area contributed by atoms with Gasteiger partial charge in [0.15, 0.2) is 4.32 Å². The fraction of sp³-hybridized carbons (Fsp3) is 0.0833.